The number of halogens is 1. The highest BCUT2D eigenvalue weighted by molar-refractivity contribution is 5.94. The second-order valence-electron chi connectivity index (χ2n) is 5.83. The highest BCUT2D eigenvalue weighted by Gasteiger charge is 2.16. The van der Waals surface area contributed by atoms with Gasteiger partial charge >= 0.3 is 5.97 Å². The minimum atomic E-state index is -0.528. The van der Waals surface area contributed by atoms with E-state index in [9.17, 15) is 14.0 Å². The Morgan fingerprint density at radius 1 is 1.14 bits per heavy atom. The number of carbonyl (C=O) groups is 2. The van der Waals surface area contributed by atoms with Gasteiger partial charge in [0, 0.05) is 12.2 Å². The van der Waals surface area contributed by atoms with Crippen molar-refractivity contribution in [2.75, 3.05) is 14.2 Å². The molecule has 3 aromatic rings. The lowest BCUT2D eigenvalue weighted by Crippen LogP contribution is -2.25. The fourth-order valence-corrected chi connectivity index (χ4v) is 2.68. The minimum Gasteiger partial charge on any atom is -0.496 e. The van der Waals surface area contributed by atoms with Crippen LogP contribution in [-0.2, 0) is 11.3 Å². The Labute approximate surface area is 160 Å². The first-order valence-corrected chi connectivity index (χ1v) is 8.35. The molecule has 0 aliphatic carbocycles. The van der Waals surface area contributed by atoms with Gasteiger partial charge in [0.25, 0.3) is 5.91 Å². The van der Waals surface area contributed by atoms with Crippen LogP contribution < -0.4 is 10.1 Å². The van der Waals surface area contributed by atoms with Gasteiger partial charge in [-0.25, -0.2) is 14.2 Å². The van der Waals surface area contributed by atoms with Crippen molar-refractivity contribution in [1.29, 1.82) is 0 Å². The molecule has 0 aliphatic heterocycles. The summed E-state index contributed by atoms with van der Waals surface area (Å²) < 4.78 is 24.6. The molecule has 28 heavy (non-hydrogen) atoms. The van der Waals surface area contributed by atoms with Gasteiger partial charge < -0.3 is 14.8 Å². The van der Waals surface area contributed by atoms with Crippen LogP contribution in [0.4, 0.5) is 4.39 Å². The third-order valence-corrected chi connectivity index (χ3v) is 4.10. The van der Waals surface area contributed by atoms with E-state index in [1.165, 1.54) is 38.9 Å². The van der Waals surface area contributed by atoms with E-state index in [0.717, 1.165) is 0 Å². The summed E-state index contributed by atoms with van der Waals surface area (Å²) in [6.07, 6.45) is 2.90. The molecule has 1 N–H and O–H groups in total. The Bertz CT molecular complexity index is 999. The summed E-state index contributed by atoms with van der Waals surface area (Å²) in [5.41, 5.74) is 1.88. The fourth-order valence-electron chi connectivity index (χ4n) is 2.68. The van der Waals surface area contributed by atoms with Crippen LogP contribution in [0, 0.1) is 5.82 Å². The van der Waals surface area contributed by atoms with Crippen LogP contribution in [0.3, 0.4) is 0 Å². The molecule has 7 nitrogen and oxygen atoms in total. The predicted octanol–water partition coefficient (Wildman–Crippen LogP) is 2.74. The number of carbonyl (C=O) groups excluding carboxylic acids is 2. The number of esters is 1. The van der Waals surface area contributed by atoms with Crippen molar-refractivity contribution in [1.82, 2.24) is 14.9 Å². The summed E-state index contributed by atoms with van der Waals surface area (Å²) in [6, 6.07) is 10.7. The van der Waals surface area contributed by atoms with Gasteiger partial charge in [0.05, 0.1) is 26.7 Å². The van der Waals surface area contributed by atoms with Crippen LogP contribution in [-0.4, -0.2) is 35.6 Å². The van der Waals surface area contributed by atoms with Crippen molar-refractivity contribution in [2.45, 2.75) is 6.54 Å². The highest BCUT2D eigenvalue weighted by atomic mass is 19.1. The van der Waals surface area contributed by atoms with Gasteiger partial charge in [0.15, 0.2) is 0 Å². The summed E-state index contributed by atoms with van der Waals surface area (Å²) in [5.74, 6) is -0.872. The molecule has 2 aromatic carbocycles. The molecule has 0 atom stereocenters. The van der Waals surface area contributed by atoms with Crippen LogP contribution in [0.1, 0.15) is 26.4 Å². The number of hydrogen-bond acceptors (Lipinski definition) is 5. The highest BCUT2D eigenvalue weighted by Crippen LogP contribution is 2.21. The normalized spacial score (nSPS) is 10.4. The number of imidazole rings is 1. The molecule has 0 spiro atoms. The second-order valence-corrected chi connectivity index (χ2v) is 5.83. The van der Waals surface area contributed by atoms with Crippen LogP contribution in [0.15, 0.2) is 55.0 Å². The van der Waals surface area contributed by atoms with Gasteiger partial charge in [-0.15, -0.1) is 0 Å². The first-order chi connectivity index (χ1) is 13.5. The minimum absolute atomic E-state index is 0.182. The van der Waals surface area contributed by atoms with Crippen LogP contribution in [0.5, 0.6) is 5.75 Å². The van der Waals surface area contributed by atoms with Gasteiger partial charge in [-0.1, -0.05) is 6.07 Å². The Hall–Kier alpha value is -3.68. The lowest BCUT2D eigenvalue weighted by molar-refractivity contribution is 0.0597. The van der Waals surface area contributed by atoms with Crippen molar-refractivity contribution >= 4 is 11.9 Å². The van der Waals surface area contributed by atoms with Crippen molar-refractivity contribution in [3.05, 3.63) is 77.6 Å². The van der Waals surface area contributed by atoms with Gasteiger partial charge in [-0.3, -0.25) is 9.36 Å². The molecule has 1 amide bonds. The molecule has 0 bridgehead atoms. The molecule has 0 saturated carbocycles. The number of hydrogen-bond donors (Lipinski definition) is 1. The summed E-state index contributed by atoms with van der Waals surface area (Å²) in [7, 11) is 2.74. The zero-order chi connectivity index (χ0) is 20.1. The van der Waals surface area contributed by atoms with Crippen molar-refractivity contribution in [2.24, 2.45) is 0 Å². The molecule has 1 heterocycles. The Kier molecular flexibility index (Phi) is 5.69. The average Bonchev–Trinajstić information content (AvgIpc) is 3.21. The van der Waals surface area contributed by atoms with E-state index in [0.29, 0.717) is 22.7 Å². The number of methoxy groups -OCH3 is 2. The summed E-state index contributed by atoms with van der Waals surface area (Å²) in [6.45, 7) is 0.182. The molecule has 0 saturated heterocycles. The molecule has 1 aromatic heterocycles. The number of nitrogens with zero attached hydrogens (tertiary/aromatic N) is 2. The molecule has 0 aliphatic rings. The van der Waals surface area contributed by atoms with E-state index in [1.54, 1.807) is 34.9 Å². The maximum atomic E-state index is 13.1. The van der Waals surface area contributed by atoms with E-state index in [-0.39, 0.29) is 23.8 Å². The lowest BCUT2D eigenvalue weighted by atomic mass is 10.1. The predicted molar refractivity (Wildman–Crippen MR) is 99.0 cm³/mol. The molecule has 0 fully saturated rings. The van der Waals surface area contributed by atoms with Crippen molar-refractivity contribution in [3.63, 3.8) is 0 Å². The van der Waals surface area contributed by atoms with Gasteiger partial charge in [0.1, 0.15) is 22.8 Å². The maximum absolute atomic E-state index is 13.1. The number of aromatic nitrogens is 2. The molecule has 144 valence electrons. The number of rotatable bonds is 6. The first-order valence-electron chi connectivity index (χ1n) is 8.35. The van der Waals surface area contributed by atoms with Gasteiger partial charge in [-0.05, 0) is 42.0 Å². The first kappa shape index (κ1) is 19.1. The maximum Gasteiger partial charge on any atom is 0.341 e. The van der Waals surface area contributed by atoms with Gasteiger partial charge in [-0.2, -0.15) is 0 Å². The quantitative estimate of drug-likeness (QED) is 0.662. The third-order valence-electron chi connectivity index (χ3n) is 4.10. The SMILES string of the molecule is COC(=O)c1cc(CNC(=O)c2cncn2-c2ccc(F)cc2)ccc1OC. The Balaban J connectivity index is 1.76. The largest absolute Gasteiger partial charge is 0.496 e. The average molecular weight is 383 g/mol. The van der Waals surface area contributed by atoms with Gasteiger partial charge in [0.2, 0.25) is 0 Å². The van der Waals surface area contributed by atoms with Crippen LogP contribution in [0.25, 0.3) is 5.69 Å². The van der Waals surface area contributed by atoms with E-state index >= 15 is 0 Å². The molecule has 8 heteroatoms. The Morgan fingerprint density at radius 3 is 2.57 bits per heavy atom. The van der Waals surface area contributed by atoms with Crippen molar-refractivity contribution in [3.8, 4) is 11.4 Å². The monoisotopic (exact) mass is 383 g/mol. The standard InChI is InChI=1S/C20H18FN3O4/c1-27-18-8-3-13(9-16(18)20(26)28-2)10-23-19(25)17-11-22-12-24(17)15-6-4-14(21)5-7-15/h3-9,11-12H,10H2,1-2H3,(H,23,25). The van der Waals surface area contributed by atoms with E-state index in [1.807, 2.05) is 0 Å². The smallest absolute Gasteiger partial charge is 0.341 e. The zero-order valence-electron chi connectivity index (χ0n) is 15.3. The van der Waals surface area contributed by atoms with E-state index in [2.05, 4.69) is 10.3 Å². The molecule has 0 unspecified atom stereocenters. The Morgan fingerprint density at radius 2 is 1.89 bits per heavy atom. The number of ether oxygens (including phenoxy) is 2. The van der Waals surface area contributed by atoms with Crippen LogP contribution >= 0.6 is 0 Å². The topological polar surface area (TPSA) is 82.5 Å². The number of benzene rings is 2. The number of nitrogens with one attached hydrogen (secondary N) is 1. The molecular weight excluding hydrogens is 365 g/mol. The zero-order valence-corrected chi connectivity index (χ0v) is 15.3. The lowest BCUT2D eigenvalue weighted by Gasteiger charge is -2.11. The second kappa shape index (κ2) is 8.34. The van der Waals surface area contributed by atoms with Crippen molar-refractivity contribution < 1.29 is 23.5 Å². The molecule has 3 rings (SSSR count). The molecule has 0 radical (unpaired) electrons. The summed E-state index contributed by atoms with van der Waals surface area (Å²) in [5, 5.41) is 2.78. The van der Waals surface area contributed by atoms with E-state index in [4.69, 9.17) is 9.47 Å². The number of amides is 1. The van der Waals surface area contributed by atoms with E-state index < -0.39 is 5.97 Å². The summed E-state index contributed by atoms with van der Waals surface area (Å²) in [4.78, 5) is 28.4. The fraction of sp³-hybridized carbons (Fsp3) is 0.150. The summed E-state index contributed by atoms with van der Waals surface area (Å²) >= 11 is 0. The molecular formula is C20H18FN3O4. The third kappa shape index (κ3) is 4.01. The van der Waals surface area contributed by atoms with Crippen LogP contribution in [0.2, 0.25) is 0 Å².